The second-order valence-corrected chi connectivity index (χ2v) is 5.20. The molecular weight excluding hydrogens is 280 g/mol. The normalized spacial score (nSPS) is 11.9. The molecule has 1 atom stereocenters. The fourth-order valence-electron chi connectivity index (χ4n) is 1.82. The molecule has 20 heavy (non-hydrogen) atoms. The van der Waals surface area contributed by atoms with Crippen molar-refractivity contribution < 1.29 is 14.7 Å². The summed E-state index contributed by atoms with van der Waals surface area (Å²) in [5.41, 5.74) is 5.70. The zero-order valence-corrected chi connectivity index (χ0v) is 12.1. The van der Waals surface area contributed by atoms with Crippen LogP contribution in [-0.4, -0.2) is 23.5 Å². The van der Waals surface area contributed by atoms with E-state index >= 15 is 0 Å². The molecular formula is C14H19ClN2O3. The molecule has 0 aromatic heterocycles. The number of hydrogen-bond donors (Lipinski definition) is 3. The lowest BCUT2D eigenvalue weighted by Crippen LogP contribution is -2.16. The van der Waals surface area contributed by atoms with E-state index < -0.39 is 5.97 Å². The van der Waals surface area contributed by atoms with Gasteiger partial charge in [0.15, 0.2) is 0 Å². The predicted octanol–water partition coefficient (Wildman–Crippen LogP) is 2.74. The number of benzene rings is 1. The number of nitrogens with two attached hydrogens (primary N) is 1. The zero-order valence-electron chi connectivity index (χ0n) is 11.4. The number of halogens is 1. The molecule has 110 valence electrons. The van der Waals surface area contributed by atoms with Crippen molar-refractivity contribution in [1.29, 1.82) is 0 Å². The minimum atomic E-state index is -1.13. The van der Waals surface area contributed by atoms with E-state index in [1.165, 1.54) is 12.1 Å². The second kappa shape index (κ2) is 7.87. The lowest BCUT2D eigenvalue weighted by atomic mass is 10.0. The molecule has 0 radical (unpaired) electrons. The van der Waals surface area contributed by atoms with Crippen molar-refractivity contribution in [2.24, 2.45) is 11.7 Å². The summed E-state index contributed by atoms with van der Waals surface area (Å²) < 4.78 is 0. The maximum Gasteiger partial charge on any atom is 0.337 e. The van der Waals surface area contributed by atoms with Crippen LogP contribution in [0.4, 0.5) is 5.69 Å². The number of carboxylic acid groups (broad SMARTS) is 1. The Hall–Kier alpha value is -1.59. The summed E-state index contributed by atoms with van der Waals surface area (Å²) in [6.07, 6.45) is 1.93. The van der Waals surface area contributed by atoms with Crippen molar-refractivity contribution in [2.45, 2.75) is 26.2 Å². The van der Waals surface area contributed by atoms with E-state index in [0.29, 0.717) is 23.9 Å². The third-order valence-electron chi connectivity index (χ3n) is 3.01. The molecule has 5 nitrogen and oxygen atoms in total. The van der Waals surface area contributed by atoms with Gasteiger partial charge in [-0.25, -0.2) is 4.79 Å². The standard InChI is InChI=1S/C14H19ClN2O3/c1-9(6-7-16)2-5-13(18)17-12-4-3-10(15)8-11(12)14(19)20/h3-4,8-9H,2,5-7,16H2,1H3,(H,17,18)(H,19,20). The highest BCUT2D eigenvalue weighted by atomic mass is 35.5. The molecule has 6 heteroatoms. The first kappa shape index (κ1) is 16.5. The second-order valence-electron chi connectivity index (χ2n) is 4.76. The summed E-state index contributed by atoms with van der Waals surface area (Å²) in [6, 6.07) is 4.35. The first-order chi connectivity index (χ1) is 9.43. The SMILES string of the molecule is CC(CCN)CCC(=O)Nc1ccc(Cl)cc1C(=O)O. The van der Waals surface area contributed by atoms with Crippen LogP contribution in [0.25, 0.3) is 0 Å². The fraction of sp³-hybridized carbons (Fsp3) is 0.429. The summed E-state index contributed by atoms with van der Waals surface area (Å²) >= 11 is 5.75. The molecule has 0 aliphatic heterocycles. The highest BCUT2D eigenvalue weighted by Gasteiger charge is 2.13. The molecule has 0 bridgehead atoms. The average Bonchev–Trinajstić information content (AvgIpc) is 2.38. The Morgan fingerprint density at radius 2 is 2.10 bits per heavy atom. The molecule has 1 aromatic carbocycles. The third-order valence-corrected chi connectivity index (χ3v) is 3.24. The van der Waals surface area contributed by atoms with E-state index in [0.717, 1.165) is 12.8 Å². The van der Waals surface area contributed by atoms with Crippen molar-refractivity contribution in [2.75, 3.05) is 11.9 Å². The maximum atomic E-state index is 11.8. The van der Waals surface area contributed by atoms with Gasteiger partial charge in [-0.15, -0.1) is 0 Å². The van der Waals surface area contributed by atoms with Crippen LogP contribution in [0.2, 0.25) is 5.02 Å². The Kier molecular flexibility index (Phi) is 6.48. The molecule has 0 saturated carbocycles. The van der Waals surface area contributed by atoms with Crippen LogP contribution in [-0.2, 0) is 4.79 Å². The predicted molar refractivity (Wildman–Crippen MR) is 79.1 cm³/mol. The largest absolute Gasteiger partial charge is 0.478 e. The van der Waals surface area contributed by atoms with Gasteiger partial charge in [0.2, 0.25) is 5.91 Å². The van der Waals surface area contributed by atoms with E-state index in [9.17, 15) is 9.59 Å². The molecule has 0 fully saturated rings. The molecule has 1 rings (SSSR count). The number of anilines is 1. The number of carbonyl (C=O) groups excluding carboxylic acids is 1. The Labute approximate surface area is 123 Å². The van der Waals surface area contributed by atoms with Crippen molar-refractivity contribution in [3.05, 3.63) is 28.8 Å². The van der Waals surface area contributed by atoms with Gasteiger partial charge < -0.3 is 16.2 Å². The van der Waals surface area contributed by atoms with Gasteiger partial charge in [0, 0.05) is 11.4 Å². The Balaban J connectivity index is 2.64. The maximum absolute atomic E-state index is 11.8. The molecule has 0 heterocycles. The number of nitrogens with one attached hydrogen (secondary N) is 1. The van der Waals surface area contributed by atoms with Gasteiger partial charge in [-0.1, -0.05) is 18.5 Å². The first-order valence-corrected chi connectivity index (χ1v) is 6.84. The molecule has 0 spiro atoms. The van der Waals surface area contributed by atoms with Crippen LogP contribution >= 0.6 is 11.6 Å². The molecule has 1 amide bonds. The summed E-state index contributed by atoms with van der Waals surface area (Å²) in [5, 5.41) is 12.0. The van der Waals surface area contributed by atoms with Crippen LogP contribution < -0.4 is 11.1 Å². The van der Waals surface area contributed by atoms with Gasteiger partial charge in [-0.3, -0.25) is 4.79 Å². The van der Waals surface area contributed by atoms with E-state index in [4.69, 9.17) is 22.4 Å². The number of carbonyl (C=O) groups is 2. The monoisotopic (exact) mass is 298 g/mol. The molecule has 0 aliphatic carbocycles. The lowest BCUT2D eigenvalue weighted by Gasteiger charge is -2.11. The van der Waals surface area contributed by atoms with Gasteiger partial charge in [-0.2, -0.15) is 0 Å². The van der Waals surface area contributed by atoms with Gasteiger partial charge in [0.1, 0.15) is 0 Å². The summed E-state index contributed by atoms with van der Waals surface area (Å²) in [6.45, 7) is 2.63. The van der Waals surface area contributed by atoms with E-state index in [-0.39, 0.29) is 17.2 Å². The quantitative estimate of drug-likeness (QED) is 0.721. The highest BCUT2D eigenvalue weighted by molar-refractivity contribution is 6.31. The highest BCUT2D eigenvalue weighted by Crippen LogP contribution is 2.21. The smallest absolute Gasteiger partial charge is 0.337 e. The van der Waals surface area contributed by atoms with Crippen LogP contribution in [0.3, 0.4) is 0 Å². The zero-order chi connectivity index (χ0) is 15.1. The van der Waals surface area contributed by atoms with Gasteiger partial charge in [0.05, 0.1) is 11.3 Å². The fourth-order valence-corrected chi connectivity index (χ4v) is 1.99. The number of rotatable bonds is 7. The molecule has 0 aliphatic rings. The van der Waals surface area contributed by atoms with Crippen molar-refractivity contribution in [3.8, 4) is 0 Å². The van der Waals surface area contributed by atoms with E-state index in [1.54, 1.807) is 6.07 Å². The summed E-state index contributed by atoms with van der Waals surface area (Å²) in [4.78, 5) is 22.9. The number of hydrogen-bond acceptors (Lipinski definition) is 3. The van der Waals surface area contributed by atoms with Crippen LogP contribution in [0.1, 0.15) is 36.5 Å². The molecule has 0 saturated heterocycles. The van der Waals surface area contributed by atoms with Gasteiger partial charge in [-0.05, 0) is 43.5 Å². The molecule has 1 unspecified atom stereocenters. The van der Waals surface area contributed by atoms with E-state index in [2.05, 4.69) is 5.32 Å². The Morgan fingerprint density at radius 1 is 1.40 bits per heavy atom. The van der Waals surface area contributed by atoms with Gasteiger partial charge in [0.25, 0.3) is 0 Å². The lowest BCUT2D eigenvalue weighted by molar-refractivity contribution is -0.116. The van der Waals surface area contributed by atoms with Crippen LogP contribution in [0.15, 0.2) is 18.2 Å². The van der Waals surface area contributed by atoms with Gasteiger partial charge >= 0.3 is 5.97 Å². The first-order valence-electron chi connectivity index (χ1n) is 6.46. The van der Waals surface area contributed by atoms with Crippen molar-refractivity contribution >= 4 is 29.2 Å². The Bertz CT molecular complexity index is 491. The number of carboxylic acids is 1. The minimum Gasteiger partial charge on any atom is -0.478 e. The van der Waals surface area contributed by atoms with Crippen molar-refractivity contribution in [1.82, 2.24) is 0 Å². The summed E-state index contributed by atoms with van der Waals surface area (Å²) in [5.74, 6) is -0.965. The van der Waals surface area contributed by atoms with E-state index in [1.807, 2.05) is 6.92 Å². The third kappa shape index (κ3) is 5.19. The number of aromatic carboxylic acids is 1. The molecule has 4 N–H and O–H groups in total. The number of amides is 1. The van der Waals surface area contributed by atoms with Crippen LogP contribution in [0.5, 0.6) is 0 Å². The minimum absolute atomic E-state index is 0.0131. The topological polar surface area (TPSA) is 92.4 Å². The summed E-state index contributed by atoms with van der Waals surface area (Å²) in [7, 11) is 0. The van der Waals surface area contributed by atoms with Crippen LogP contribution in [0, 0.1) is 5.92 Å². The Morgan fingerprint density at radius 3 is 2.70 bits per heavy atom. The van der Waals surface area contributed by atoms with Crippen molar-refractivity contribution in [3.63, 3.8) is 0 Å². The average molecular weight is 299 g/mol. The molecule has 1 aromatic rings.